The molecular weight excluding hydrogens is 332 g/mol. The number of carbonyl (C=O) groups excluding carboxylic acids is 2. The highest BCUT2D eigenvalue weighted by atomic mass is 32.1. The van der Waals surface area contributed by atoms with Gasteiger partial charge in [0.25, 0.3) is 0 Å². The van der Waals surface area contributed by atoms with Crippen molar-refractivity contribution in [2.24, 2.45) is 0 Å². The second kappa shape index (κ2) is 8.35. The van der Waals surface area contributed by atoms with E-state index in [0.29, 0.717) is 13.0 Å². The maximum absolute atomic E-state index is 13.2. The van der Waals surface area contributed by atoms with Crippen LogP contribution in [0.3, 0.4) is 0 Å². The maximum atomic E-state index is 13.2. The fourth-order valence-electron chi connectivity index (χ4n) is 4.16. The Morgan fingerprint density at radius 1 is 1.28 bits per heavy atom. The van der Waals surface area contributed by atoms with E-state index >= 15 is 0 Å². The molecule has 2 heterocycles. The van der Waals surface area contributed by atoms with E-state index < -0.39 is 5.54 Å². The third kappa shape index (κ3) is 4.43. The zero-order valence-electron chi connectivity index (χ0n) is 15.3. The van der Waals surface area contributed by atoms with Gasteiger partial charge in [0.15, 0.2) is 0 Å². The molecule has 0 radical (unpaired) electrons. The number of hydrogen-bond donors (Lipinski definition) is 1. The minimum atomic E-state index is -0.706. The Bertz CT molecular complexity index is 581. The third-order valence-corrected chi connectivity index (χ3v) is 6.73. The van der Waals surface area contributed by atoms with Crippen LogP contribution < -0.4 is 5.32 Å². The molecule has 2 aliphatic rings. The van der Waals surface area contributed by atoms with E-state index in [1.54, 1.807) is 11.3 Å². The molecule has 1 aliphatic carbocycles. The van der Waals surface area contributed by atoms with E-state index in [4.69, 9.17) is 0 Å². The first-order valence-electron chi connectivity index (χ1n) is 9.73. The number of hydrogen-bond acceptors (Lipinski definition) is 3. The quantitative estimate of drug-likeness (QED) is 0.863. The molecule has 25 heavy (non-hydrogen) atoms. The van der Waals surface area contributed by atoms with E-state index in [1.807, 2.05) is 17.9 Å². The number of nitrogens with one attached hydrogen (secondary N) is 1. The lowest BCUT2D eigenvalue weighted by Gasteiger charge is -2.40. The molecule has 5 heteroatoms. The van der Waals surface area contributed by atoms with Gasteiger partial charge < -0.3 is 10.2 Å². The maximum Gasteiger partial charge on any atom is 0.245 e. The van der Waals surface area contributed by atoms with Crippen molar-refractivity contribution in [1.29, 1.82) is 0 Å². The zero-order valence-corrected chi connectivity index (χ0v) is 16.1. The second-order valence-corrected chi connectivity index (χ2v) is 8.70. The van der Waals surface area contributed by atoms with Crippen LogP contribution in [0.2, 0.25) is 0 Å². The van der Waals surface area contributed by atoms with E-state index in [1.165, 1.54) is 24.1 Å². The Balaban J connectivity index is 1.72. The molecule has 1 saturated carbocycles. The molecule has 1 N–H and O–H groups in total. The van der Waals surface area contributed by atoms with Crippen molar-refractivity contribution in [2.75, 3.05) is 6.54 Å². The minimum absolute atomic E-state index is 0.0563. The molecule has 1 saturated heterocycles. The van der Waals surface area contributed by atoms with Crippen LogP contribution in [0.1, 0.15) is 69.6 Å². The predicted molar refractivity (Wildman–Crippen MR) is 102 cm³/mol. The van der Waals surface area contributed by atoms with Crippen molar-refractivity contribution in [3.63, 3.8) is 0 Å². The van der Waals surface area contributed by atoms with E-state index in [-0.39, 0.29) is 17.9 Å². The first-order valence-corrected chi connectivity index (χ1v) is 10.6. The Labute approximate surface area is 155 Å². The summed E-state index contributed by atoms with van der Waals surface area (Å²) in [6, 6.07) is 4.43. The Morgan fingerprint density at radius 3 is 2.80 bits per heavy atom. The fourth-order valence-corrected chi connectivity index (χ4v) is 4.86. The van der Waals surface area contributed by atoms with Crippen LogP contribution in [0.25, 0.3) is 0 Å². The average Bonchev–Trinajstić information content (AvgIpc) is 3.08. The summed E-state index contributed by atoms with van der Waals surface area (Å²) in [5.74, 6) is 0.191. The van der Waals surface area contributed by atoms with Gasteiger partial charge in [-0.05, 0) is 50.5 Å². The van der Waals surface area contributed by atoms with Crippen molar-refractivity contribution in [3.8, 4) is 0 Å². The minimum Gasteiger partial charge on any atom is -0.351 e. The van der Waals surface area contributed by atoms with Crippen LogP contribution in [0.15, 0.2) is 17.5 Å². The molecule has 1 atom stereocenters. The molecule has 0 aromatic carbocycles. The van der Waals surface area contributed by atoms with Crippen molar-refractivity contribution >= 4 is 23.2 Å². The van der Waals surface area contributed by atoms with Crippen molar-refractivity contribution in [3.05, 3.63) is 22.4 Å². The van der Waals surface area contributed by atoms with Crippen molar-refractivity contribution < 1.29 is 9.59 Å². The Hall–Kier alpha value is -1.36. The van der Waals surface area contributed by atoms with Crippen LogP contribution in [-0.4, -0.2) is 34.8 Å². The topological polar surface area (TPSA) is 49.4 Å². The molecule has 1 aromatic rings. The van der Waals surface area contributed by atoms with E-state index in [2.05, 4.69) is 16.8 Å². The van der Waals surface area contributed by atoms with Gasteiger partial charge in [0.1, 0.15) is 5.54 Å². The molecular formula is C20H30N2O2S. The average molecular weight is 363 g/mol. The highest BCUT2D eigenvalue weighted by molar-refractivity contribution is 7.09. The predicted octanol–water partition coefficient (Wildman–Crippen LogP) is 3.90. The standard InChI is InChI=1S/C20H30N2O2S/c1-20(19(24)21-16-8-3-2-4-9-16)13-6-5-11-18(23)22(20)14-12-17-10-7-15-25-17/h7,10,15-16H,2-6,8-9,11-14H2,1H3,(H,21,24). The summed E-state index contributed by atoms with van der Waals surface area (Å²) in [4.78, 5) is 29.0. The summed E-state index contributed by atoms with van der Waals surface area (Å²) in [6.07, 6.45) is 9.81. The second-order valence-electron chi connectivity index (χ2n) is 7.66. The zero-order chi connectivity index (χ0) is 17.7. The Morgan fingerprint density at radius 2 is 2.08 bits per heavy atom. The highest BCUT2D eigenvalue weighted by Gasteiger charge is 2.43. The van der Waals surface area contributed by atoms with Crippen LogP contribution in [-0.2, 0) is 16.0 Å². The molecule has 0 bridgehead atoms. The largest absolute Gasteiger partial charge is 0.351 e. The van der Waals surface area contributed by atoms with Crippen LogP contribution in [0, 0.1) is 0 Å². The van der Waals surface area contributed by atoms with Gasteiger partial charge in [-0.2, -0.15) is 0 Å². The molecule has 2 fully saturated rings. The van der Waals surface area contributed by atoms with Crippen molar-refractivity contribution in [2.45, 2.75) is 82.7 Å². The molecule has 0 spiro atoms. The molecule has 2 amide bonds. The van der Waals surface area contributed by atoms with Gasteiger partial charge >= 0.3 is 0 Å². The highest BCUT2D eigenvalue weighted by Crippen LogP contribution is 2.30. The lowest BCUT2D eigenvalue weighted by atomic mass is 9.90. The summed E-state index contributed by atoms with van der Waals surface area (Å²) in [6.45, 7) is 2.61. The van der Waals surface area contributed by atoms with Gasteiger partial charge in [-0.25, -0.2) is 0 Å². The van der Waals surface area contributed by atoms with Crippen LogP contribution in [0.5, 0.6) is 0 Å². The number of carbonyl (C=O) groups is 2. The van der Waals surface area contributed by atoms with Gasteiger partial charge in [0, 0.05) is 23.9 Å². The number of amides is 2. The molecule has 1 aliphatic heterocycles. The van der Waals surface area contributed by atoms with E-state index in [9.17, 15) is 9.59 Å². The van der Waals surface area contributed by atoms with Gasteiger partial charge in [0.2, 0.25) is 11.8 Å². The van der Waals surface area contributed by atoms with Crippen LogP contribution >= 0.6 is 11.3 Å². The van der Waals surface area contributed by atoms with E-state index in [0.717, 1.165) is 38.5 Å². The normalized spacial score (nSPS) is 25.6. The molecule has 138 valence electrons. The molecule has 4 nitrogen and oxygen atoms in total. The fraction of sp³-hybridized carbons (Fsp3) is 0.700. The smallest absolute Gasteiger partial charge is 0.245 e. The lowest BCUT2D eigenvalue weighted by Crippen LogP contribution is -2.60. The molecule has 3 rings (SSSR count). The summed E-state index contributed by atoms with van der Waals surface area (Å²) in [7, 11) is 0. The number of nitrogens with zero attached hydrogens (tertiary/aromatic N) is 1. The van der Waals surface area contributed by atoms with Crippen molar-refractivity contribution in [1.82, 2.24) is 10.2 Å². The van der Waals surface area contributed by atoms with Gasteiger partial charge in [-0.3, -0.25) is 9.59 Å². The lowest BCUT2D eigenvalue weighted by molar-refractivity contribution is -0.146. The van der Waals surface area contributed by atoms with Gasteiger partial charge in [-0.1, -0.05) is 31.7 Å². The SMILES string of the molecule is CC1(C(=O)NC2CCCCC2)CCCCC(=O)N1CCc1cccs1. The third-order valence-electron chi connectivity index (χ3n) is 5.79. The van der Waals surface area contributed by atoms with Gasteiger partial charge in [-0.15, -0.1) is 11.3 Å². The number of likely N-dealkylation sites (tertiary alicyclic amines) is 1. The summed E-state index contributed by atoms with van der Waals surface area (Å²) in [5.41, 5.74) is -0.706. The first-order chi connectivity index (χ1) is 12.1. The summed E-state index contributed by atoms with van der Waals surface area (Å²) >= 11 is 1.72. The monoisotopic (exact) mass is 362 g/mol. The number of rotatable bonds is 5. The summed E-state index contributed by atoms with van der Waals surface area (Å²) in [5, 5.41) is 5.33. The number of thiophene rings is 1. The Kier molecular flexibility index (Phi) is 6.15. The van der Waals surface area contributed by atoms with Crippen LogP contribution in [0.4, 0.5) is 0 Å². The molecule has 1 unspecified atom stereocenters. The summed E-state index contributed by atoms with van der Waals surface area (Å²) < 4.78 is 0. The first kappa shape index (κ1) is 18.4. The van der Waals surface area contributed by atoms with Gasteiger partial charge in [0.05, 0.1) is 0 Å². The molecule has 1 aromatic heterocycles.